The van der Waals surface area contributed by atoms with E-state index in [9.17, 15) is 4.79 Å². The fourth-order valence-corrected chi connectivity index (χ4v) is 3.89. The second-order valence-corrected chi connectivity index (χ2v) is 7.45. The van der Waals surface area contributed by atoms with Crippen molar-refractivity contribution < 1.29 is 10.0 Å². The molecule has 1 aliphatic heterocycles. The maximum atomic E-state index is 12.1. The number of hydrogen-bond acceptors (Lipinski definition) is 4. The summed E-state index contributed by atoms with van der Waals surface area (Å²) in [4.78, 5) is 12.1. The fraction of sp³-hybridized carbons (Fsp3) is 0.625. The topological polar surface area (TPSA) is 61.4 Å². The Kier molecular flexibility index (Phi) is 15.5. The van der Waals surface area contributed by atoms with Crippen molar-refractivity contribution in [3.63, 3.8) is 0 Å². The molecule has 5 heteroatoms. The SMILES string of the molecule is CC.CC.CC.O=C(NO)C1(NCc2ccc(C#CC3CC3)cc2)CCSCC1. The molecule has 0 bridgehead atoms. The predicted octanol–water partition coefficient (Wildman–Crippen LogP) is 5.39. The number of hydroxylamine groups is 1. The van der Waals surface area contributed by atoms with Gasteiger partial charge in [-0.25, -0.2) is 5.48 Å². The van der Waals surface area contributed by atoms with Gasteiger partial charge in [0, 0.05) is 18.0 Å². The van der Waals surface area contributed by atoms with Crippen molar-refractivity contribution in [3.8, 4) is 11.8 Å². The van der Waals surface area contributed by atoms with Crippen LogP contribution in [0, 0.1) is 17.8 Å². The molecule has 4 nitrogen and oxygen atoms in total. The molecule has 29 heavy (non-hydrogen) atoms. The molecule has 2 aliphatic rings. The van der Waals surface area contributed by atoms with Crippen LogP contribution in [0.5, 0.6) is 0 Å². The third-order valence-electron chi connectivity index (χ3n) is 4.47. The molecule has 1 aromatic carbocycles. The average molecular weight is 421 g/mol. The Morgan fingerprint density at radius 3 is 2.10 bits per heavy atom. The molecule has 0 aromatic heterocycles. The monoisotopic (exact) mass is 420 g/mol. The molecule has 0 radical (unpaired) electrons. The van der Waals surface area contributed by atoms with Crippen molar-refractivity contribution >= 4 is 17.7 Å². The third-order valence-corrected chi connectivity index (χ3v) is 5.45. The van der Waals surface area contributed by atoms with E-state index in [2.05, 4.69) is 17.2 Å². The van der Waals surface area contributed by atoms with Gasteiger partial charge in [-0.1, -0.05) is 65.5 Å². The van der Waals surface area contributed by atoms with Gasteiger partial charge in [0.25, 0.3) is 5.91 Å². The van der Waals surface area contributed by atoms with Crippen molar-refractivity contribution in [1.82, 2.24) is 10.8 Å². The van der Waals surface area contributed by atoms with Gasteiger partial charge in [0.15, 0.2) is 0 Å². The summed E-state index contributed by atoms with van der Waals surface area (Å²) < 4.78 is 0. The second kappa shape index (κ2) is 16.3. The number of carbonyl (C=O) groups is 1. The van der Waals surface area contributed by atoms with Gasteiger partial charge in [0.1, 0.15) is 5.54 Å². The highest BCUT2D eigenvalue weighted by atomic mass is 32.2. The summed E-state index contributed by atoms with van der Waals surface area (Å²) in [5.74, 6) is 8.59. The molecule has 2 fully saturated rings. The lowest BCUT2D eigenvalue weighted by atomic mass is 9.91. The van der Waals surface area contributed by atoms with Crippen molar-refractivity contribution in [1.29, 1.82) is 0 Å². The Morgan fingerprint density at radius 1 is 1.07 bits per heavy atom. The smallest absolute Gasteiger partial charge is 0.263 e. The van der Waals surface area contributed by atoms with Gasteiger partial charge in [0.05, 0.1) is 0 Å². The van der Waals surface area contributed by atoms with Gasteiger partial charge in [-0.2, -0.15) is 11.8 Å². The zero-order valence-corrected chi connectivity index (χ0v) is 19.9. The second-order valence-electron chi connectivity index (χ2n) is 6.23. The molecule has 1 heterocycles. The first kappa shape index (κ1) is 27.5. The summed E-state index contributed by atoms with van der Waals surface area (Å²) in [7, 11) is 0. The fourth-order valence-electron chi connectivity index (χ4n) is 2.70. The molecule has 1 saturated heterocycles. The van der Waals surface area contributed by atoms with Crippen LogP contribution in [-0.4, -0.2) is 28.2 Å². The molecule has 0 atom stereocenters. The van der Waals surface area contributed by atoms with Crippen molar-refractivity contribution in [2.45, 2.75) is 79.3 Å². The van der Waals surface area contributed by atoms with Gasteiger partial charge in [-0.05, 0) is 54.9 Å². The van der Waals surface area contributed by atoms with Gasteiger partial charge in [-0.15, -0.1) is 0 Å². The zero-order chi connectivity index (χ0) is 22.1. The standard InChI is InChI=1S/C18H22N2O2S.3C2H6/c21-17(20-22)18(9-11-23-12-10-18)19-13-16-7-5-15(6-8-16)4-3-14-1-2-14;3*1-2/h5-8,14,19,22H,1-2,9-13H2,(H,20,21);3*1-2H3. The first-order valence-corrected chi connectivity index (χ1v) is 12.3. The number of nitrogens with one attached hydrogen (secondary N) is 2. The number of amides is 1. The van der Waals surface area contributed by atoms with Gasteiger partial charge in [0.2, 0.25) is 0 Å². The molecule has 1 aliphatic carbocycles. The number of hydrogen-bond donors (Lipinski definition) is 3. The Labute approximate surface area is 182 Å². The van der Waals surface area contributed by atoms with Crippen LogP contribution < -0.4 is 10.8 Å². The Morgan fingerprint density at radius 2 is 1.62 bits per heavy atom. The highest BCUT2D eigenvalue weighted by molar-refractivity contribution is 7.99. The minimum Gasteiger partial charge on any atom is -0.299 e. The minimum absolute atomic E-state index is 0.329. The molecular formula is C24H40N2O2S. The van der Waals surface area contributed by atoms with Crippen LogP contribution in [0.4, 0.5) is 0 Å². The van der Waals surface area contributed by atoms with Crippen LogP contribution >= 0.6 is 11.8 Å². The first-order valence-electron chi connectivity index (χ1n) is 11.1. The van der Waals surface area contributed by atoms with E-state index in [0.29, 0.717) is 12.5 Å². The maximum absolute atomic E-state index is 12.1. The molecular weight excluding hydrogens is 380 g/mol. The molecule has 0 unspecified atom stereocenters. The van der Waals surface area contributed by atoms with E-state index in [1.165, 1.54) is 12.8 Å². The highest BCUT2D eigenvalue weighted by Gasteiger charge is 2.39. The highest BCUT2D eigenvalue weighted by Crippen LogP contribution is 2.28. The Bertz CT molecular complexity index is 610. The van der Waals surface area contributed by atoms with E-state index in [1.54, 1.807) is 0 Å². The molecule has 164 valence electrons. The number of rotatable bonds is 4. The van der Waals surface area contributed by atoms with E-state index >= 15 is 0 Å². The lowest BCUT2D eigenvalue weighted by Gasteiger charge is -2.35. The molecule has 1 aromatic rings. The van der Waals surface area contributed by atoms with Crippen LogP contribution in [0.25, 0.3) is 0 Å². The number of benzene rings is 1. The van der Waals surface area contributed by atoms with Crippen LogP contribution in [0.15, 0.2) is 24.3 Å². The number of thioether (sulfide) groups is 1. The Balaban J connectivity index is 0.00000120. The van der Waals surface area contributed by atoms with E-state index in [0.717, 1.165) is 35.5 Å². The quantitative estimate of drug-likeness (QED) is 0.347. The lowest BCUT2D eigenvalue weighted by Crippen LogP contribution is -2.58. The summed E-state index contributed by atoms with van der Waals surface area (Å²) in [6, 6.07) is 8.15. The van der Waals surface area contributed by atoms with Crippen LogP contribution in [0.3, 0.4) is 0 Å². The van der Waals surface area contributed by atoms with Crippen molar-refractivity contribution in [2.75, 3.05) is 11.5 Å². The summed E-state index contributed by atoms with van der Waals surface area (Å²) in [5, 5.41) is 12.4. The summed E-state index contributed by atoms with van der Waals surface area (Å²) in [5.41, 5.74) is 3.32. The van der Waals surface area contributed by atoms with Gasteiger partial charge < -0.3 is 0 Å². The van der Waals surface area contributed by atoms with Crippen LogP contribution in [-0.2, 0) is 11.3 Å². The third kappa shape index (κ3) is 9.71. The van der Waals surface area contributed by atoms with Crippen molar-refractivity contribution in [3.05, 3.63) is 35.4 Å². The van der Waals surface area contributed by atoms with E-state index in [-0.39, 0.29) is 5.91 Å². The first-order chi connectivity index (χ1) is 14.2. The van der Waals surface area contributed by atoms with Gasteiger partial charge in [-0.3, -0.25) is 15.3 Å². The van der Waals surface area contributed by atoms with Gasteiger partial charge >= 0.3 is 0 Å². The zero-order valence-electron chi connectivity index (χ0n) is 19.1. The largest absolute Gasteiger partial charge is 0.299 e. The Hall–Kier alpha value is -1.48. The summed E-state index contributed by atoms with van der Waals surface area (Å²) >= 11 is 1.84. The normalized spacial score (nSPS) is 16.1. The molecule has 3 N–H and O–H groups in total. The maximum Gasteiger partial charge on any atom is 0.263 e. The van der Waals surface area contributed by atoms with E-state index in [4.69, 9.17) is 5.21 Å². The minimum atomic E-state index is -0.662. The van der Waals surface area contributed by atoms with Crippen molar-refractivity contribution in [2.24, 2.45) is 5.92 Å². The molecule has 0 spiro atoms. The summed E-state index contributed by atoms with van der Waals surface area (Å²) in [6.45, 7) is 12.6. The van der Waals surface area contributed by atoms with Crippen LogP contribution in [0.1, 0.15) is 78.4 Å². The molecule has 3 rings (SSSR count). The number of carbonyl (C=O) groups excluding carboxylic acids is 1. The van der Waals surface area contributed by atoms with E-state index < -0.39 is 5.54 Å². The molecule has 1 saturated carbocycles. The lowest BCUT2D eigenvalue weighted by molar-refractivity contribution is -0.136. The van der Waals surface area contributed by atoms with Crippen LogP contribution in [0.2, 0.25) is 0 Å². The summed E-state index contributed by atoms with van der Waals surface area (Å²) in [6.07, 6.45) is 3.94. The van der Waals surface area contributed by atoms with E-state index in [1.807, 2.05) is 83.0 Å². The predicted molar refractivity (Wildman–Crippen MR) is 126 cm³/mol. The molecule has 1 amide bonds. The average Bonchev–Trinajstić information content (AvgIpc) is 3.66.